The van der Waals surface area contributed by atoms with Gasteiger partial charge in [-0.05, 0) is 37.1 Å². The maximum absolute atomic E-state index is 12.6. The zero-order valence-corrected chi connectivity index (χ0v) is 17.3. The topological polar surface area (TPSA) is 62.3 Å². The Morgan fingerprint density at radius 2 is 1.93 bits per heavy atom. The minimum atomic E-state index is -0.246. The maximum atomic E-state index is 12.6. The standard InChI is InChI=1S/C22H23N3O2S/c1-14-8-9-19(15(2)10-14)22-24-20(13-28-22)21(27)23-18-7-5-6-17(11-18)12-25(4)16(3)26/h5-11,13H,12H2,1-4H3,(H,23,27). The van der Waals surface area contributed by atoms with Gasteiger partial charge in [0.25, 0.3) is 5.91 Å². The summed E-state index contributed by atoms with van der Waals surface area (Å²) < 4.78 is 0. The molecule has 0 saturated heterocycles. The molecule has 2 aromatic carbocycles. The van der Waals surface area contributed by atoms with E-state index in [0.29, 0.717) is 17.9 Å². The van der Waals surface area contributed by atoms with E-state index >= 15 is 0 Å². The van der Waals surface area contributed by atoms with Crippen LogP contribution in [0.5, 0.6) is 0 Å². The normalized spacial score (nSPS) is 10.6. The van der Waals surface area contributed by atoms with Crippen LogP contribution in [0, 0.1) is 13.8 Å². The highest BCUT2D eigenvalue weighted by Crippen LogP contribution is 2.27. The lowest BCUT2D eigenvalue weighted by Crippen LogP contribution is -2.23. The quantitative estimate of drug-likeness (QED) is 0.686. The van der Waals surface area contributed by atoms with Crippen molar-refractivity contribution in [2.45, 2.75) is 27.3 Å². The Balaban J connectivity index is 1.74. The summed E-state index contributed by atoms with van der Waals surface area (Å²) in [5, 5.41) is 5.50. The molecule has 5 nitrogen and oxygen atoms in total. The van der Waals surface area contributed by atoms with Crippen LogP contribution in [0.3, 0.4) is 0 Å². The summed E-state index contributed by atoms with van der Waals surface area (Å²) in [6, 6.07) is 13.7. The fourth-order valence-electron chi connectivity index (χ4n) is 2.88. The summed E-state index contributed by atoms with van der Waals surface area (Å²) in [7, 11) is 1.75. The first-order valence-electron chi connectivity index (χ1n) is 8.98. The van der Waals surface area contributed by atoms with Gasteiger partial charge in [0.15, 0.2) is 0 Å². The van der Waals surface area contributed by atoms with Gasteiger partial charge in [0.05, 0.1) is 0 Å². The molecular weight excluding hydrogens is 370 g/mol. The summed E-state index contributed by atoms with van der Waals surface area (Å²) in [4.78, 5) is 30.2. The average molecular weight is 394 g/mol. The third-order valence-corrected chi connectivity index (χ3v) is 5.37. The zero-order chi connectivity index (χ0) is 20.3. The molecule has 0 saturated carbocycles. The Kier molecular flexibility index (Phi) is 5.90. The van der Waals surface area contributed by atoms with E-state index in [1.165, 1.54) is 23.8 Å². The summed E-state index contributed by atoms with van der Waals surface area (Å²) in [5.74, 6) is -0.250. The number of nitrogens with zero attached hydrogens (tertiary/aromatic N) is 2. The molecule has 144 valence electrons. The summed E-state index contributed by atoms with van der Waals surface area (Å²) in [5.41, 5.74) is 5.41. The number of rotatable bonds is 5. The molecule has 0 unspecified atom stereocenters. The van der Waals surface area contributed by atoms with Crippen molar-refractivity contribution in [2.24, 2.45) is 0 Å². The van der Waals surface area contributed by atoms with Crippen molar-refractivity contribution >= 4 is 28.8 Å². The Morgan fingerprint density at radius 3 is 2.64 bits per heavy atom. The van der Waals surface area contributed by atoms with Crippen LogP contribution in [0.4, 0.5) is 5.69 Å². The summed E-state index contributed by atoms with van der Waals surface area (Å²) in [6.45, 7) is 6.13. The molecule has 3 rings (SSSR count). The van der Waals surface area contributed by atoms with Gasteiger partial charge in [0.2, 0.25) is 5.91 Å². The number of carbonyl (C=O) groups excluding carboxylic acids is 2. The number of aromatic nitrogens is 1. The second kappa shape index (κ2) is 8.35. The van der Waals surface area contributed by atoms with Crippen LogP contribution in [0.15, 0.2) is 47.8 Å². The van der Waals surface area contributed by atoms with Crippen molar-refractivity contribution in [3.05, 3.63) is 70.2 Å². The molecule has 0 aliphatic heterocycles. The maximum Gasteiger partial charge on any atom is 0.275 e. The number of thiazole rings is 1. The predicted octanol–water partition coefficient (Wildman–Crippen LogP) is 4.66. The van der Waals surface area contributed by atoms with Crippen molar-refractivity contribution in [1.82, 2.24) is 9.88 Å². The Bertz CT molecular complexity index is 1030. The fourth-order valence-corrected chi connectivity index (χ4v) is 3.77. The van der Waals surface area contributed by atoms with Gasteiger partial charge in [0, 0.05) is 37.1 Å². The molecule has 3 aromatic rings. The lowest BCUT2D eigenvalue weighted by Gasteiger charge is -2.15. The van der Waals surface area contributed by atoms with Gasteiger partial charge in [-0.15, -0.1) is 11.3 Å². The van der Waals surface area contributed by atoms with Crippen molar-refractivity contribution < 1.29 is 9.59 Å². The Hall–Kier alpha value is -2.99. The Morgan fingerprint density at radius 1 is 1.14 bits per heavy atom. The predicted molar refractivity (Wildman–Crippen MR) is 114 cm³/mol. The number of amides is 2. The van der Waals surface area contributed by atoms with Gasteiger partial charge >= 0.3 is 0 Å². The van der Waals surface area contributed by atoms with Crippen molar-refractivity contribution in [3.63, 3.8) is 0 Å². The van der Waals surface area contributed by atoms with Crippen molar-refractivity contribution in [2.75, 3.05) is 12.4 Å². The minimum absolute atomic E-state index is 0.00385. The van der Waals surface area contributed by atoms with E-state index in [2.05, 4.69) is 23.3 Å². The minimum Gasteiger partial charge on any atom is -0.342 e. The molecule has 1 N–H and O–H groups in total. The zero-order valence-electron chi connectivity index (χ0n) is 16.4. The largest absolute Gasteiger partial charge is 0.342 e. The first kappa shape index (κ1) is 19.8. The van der Waals surface area contributed by atoms with Crippen LogP contribution in [0.1, 0.15) is 34.1 Å². The van der Waals surface area contributed by atoms with Gasteiger partial charge < -0.3 is 10.2 Å². The highest BCUT2D eigenvalue weighted by atomic mass is 32.1. The van der Waals surface area contributed by atoms with Crippen LogP contribution in [-0.4, -0.2) is 28.7 Å². The molecule has 1 aromatic heterocycles. The smallest absolute Gasteiger partial charge is 0.275 e. The van der Waals surface area contributed by atoms with E-state index in [4.69, 9.17) is 0 Å². The van der Waals surface area contributed by atoms with E-state index in [9.17, 15) is 9.59 Å². The first-order chi connectivity index (χ1) is 13.3. The second-order valence-electron chi connectivity index (χ2n) is 6.89. The lowest BCUT2D eigenvalue weighted by atomic mass is 10.1. The molecule has 0 bridgehead atoms. The molecule has 0 atom stereocenters. The Labute approximate surface area is 169 Å². The number of nitrogens with one attached hydrogen (secondary N) is 1. The third-order valence-electron chi connectivity index (χ3n) is 4.49. The first-order valence-corrected chi connectivity index (χ1v) is 9.86. The summed E-state index contributed by atoms with van der Waals surface area (Å²) in [6.07, 6.45) is 0. The van der Waals surface area contributed by atoms with E-state index in [1.54, 1.807) is 17.3 Å². The van der Waals surface area contributed by atoms with Crippen molar-refractivity contribution in [3.8, 4) is 10.6 Å². The third kappa shape index (κ3) is 4.64. The van der Waals surface area contributed by atoms with Gasteiger partial charge in [-0.1, -0.05) is 35.9 Å². The van der Waals surface area contributed by atoms with Gasteiger partial charge in [-0.2, -0.15) is 0 Å². The number of carbonyl (C=O) groups is 2. The highest BCUT2D eigenvalue weighted by Gasteiger charge is 2.14. The van der Waals surface area contributed by atoms with Crippen LogP contribution in [0.2, 0.25) is 0 Å². The summed E-state index contributed by atoms with van der Waals surface area (Å²) >= 11 is 1.46. The molecule has 28 heavy (non-hydrogen) atoms. The number of anilines is 1. The molecule has 0 aliphatic rings. The van der Waals surface area contributed by atoms with E-state index < -0.39 is 0 Å². The van der Waals surface area contributed by atoms with Gasteiger partial charge in [-0.3, -0.25) is 9.59 Å². The van der Waals surface area contributed by atoms with Crippen LogP contribution in [-0.2, 0) is 11.3 Å². The molecule has 0 radical (unpaired) electrons. The average Bonchev–Trinajstić information content (AvgIpc) is 3.12. The molecule has 6 heteroatoms. The van der Waals surface area contributed by atoms with Crippen molar-refractivity contribution in [1.29, 1.82) is 0 Å². The van der Waals surface area contributed by atoms with E-state index in [0.717, 1.165) is 21.7 Å². The number of hydrogen-bond acceptors (Lipinski definition) is 4. The molecule has 2 amide bonds. The van der Waals surface area contributed by atoms with E-state index in [-0.39, 0.29) is 11.8 Å². The molecule has 0 aliphatic carbocycles. The second-order valence-corrected chi connectivity index (χ2v) is 7.74. The highest BCUT2D eigenvalue weighted by molar-refractivity contribution is 7.13. The fraction of sp³-hybridized carbons (Fsp3) is 0.227. The number of hydrogen-bond donors (Lipinski definition) is 1. The lowest BCUT2D eigenvalue weighted by molar-refractivity contribution is -0.128. The van der Waals surface area contributed by atoms with Crippen LogP contribution >= 0.6 is 11.3 Å². The molecular formula is C22H23N3O2S. The van der Waals surface area contributed by atoms with Gasteiger partial charge in [-0.25, -0.2) is 4.98 Å². The SMILES string of the molecule is CC(=O)N(C)Cc1cccc(NC(=O)c2csc(-c3ccc(C)cc3C)n2)c1. The monoisotopic (exact) mass is 393 g/mol. The van der Waals surface area contributed by atoms with Gasteiger partial charge in [0.1, 0.15) is 10.7 Å². The molecule has 0 spiro atoms. The van der Waals surface area contributed by atoms with Crippen LogP contribution < -0.4 is 5.32 Å². The number of aryl methyl sites for hydroxylation is 2. The van der Waals surface area contributed by atoms with Crippen LogP contribution in [0.25, 0.3) is 10.6 Å². The number of benzene rings is 2. The molecule has 1 heterocycles. The van der Waals surface area contributed by atoms with E-state index in [1.807, 2.05) is 43.3 Å². The molecule has 0 fully saturated rings.